The summed E-state index contributed by atoms with van der Waals surface area (Å²) >= 11 is 0. The summed E-state index contributed by atoms with van der Waals surface area (Å²) in [4.78, 5) is 6.03. The van der Waals surface area contributed by atoms with E-state index in [1.807, 2.05) is 0 Å². The Morgan fingerprint density at radius 1 is 1.53 bits per heavy atom. The molecule has 0 aliphatic carbocycles. The summed E-state index contributed by atoms with van der Waals surface area (Å²) in [7, 11) is 0. The average Bonchev–Trinajstić information content (AvgIpc) is 2.62. The van der Waals surface area contributed by atoms with Crippen molar-refractivity contribution in [3.05, 3.63) is 23.5 Å². The fourth-order valence-electron chi connectivity index (χ4n) is 3.07. The largest absolute Gasteiger partial charge is 0.365 e. The van der Waals surface area contributed by atoms with Gasteiger partial charge in [0.25, 0.3) is 0 Å². The molecule has 84 valence electrons. The highest BCUT2D eigenvalue weighted by Crippen LogP contribution is 2.35. The zero-order chi connectivity index (χ0) is 11.0. The summed E-state index contributed by atoms with van der Waals surface area (Å²) in [5, 5.41) is 0. The molecular weight excluding hydrogens is 184 g/mol. The lowest BCUT2D eigenvalue weighted by Crippen LogP contribution is -2.45. The highest BCUT2D eigenvalue weighted by Gasteiger charge is 2.32. The van der Waals surface area contributed by atoms with E-state index in [4.69, 9.17) is 0 Å². The molecule has 2 atom stereocenters. The van der Waals surface area contributed by atoms with Crippen molar-refractivity contribution in [2.75, 3.05) is 0 Å². The van der Waals surface area contributed by atoms with Crippen molar-refractivity contribution >= 4 is 0 Å². The molecule has 1 aliphatic rings. The van der Waals surface area contributed by atoms with Crippen LogP contribution in [0.25, 0.3) is 0 Å². The van der Waals surface area contributed by atoms with Gasteiger partial charge in [0.15, 0.2) is 0 Å². The van der Waals surface area contributed by atoms with Crippen LogP contribution in [0.1, 0.15) is 51.4 Å². The molecular formula is C13H22N2. The van der Waals surface area contributed by atoms with Gasteiger partial charge in [-0.2, -0.15) is 0 Å². The Labute approximate surface area is 92.7 Å². The minimum absolute atomic E-state index is 0.606. The topological polar surface area (TPSA) is 19.0 Å². The van der Waals surface area contributed by atoms with Gasteiger partial charge in [0.05, 0.1) is 0 Å². The molecule has 0 radical (unpaired) electrons. The Kier molecular flexibility index (Phi) is 2.87. The number of fused-ring (bicyclic) bond motifs is 1. The predicted octanol–water partition coefficient (Wildman–Crippen LogP) is 3.12. The first-order chi connectivity index (χ1) is 7.15. The fourth-order valence-corrected chi connectivity index (χ4v) is 3.07. The summed E-state index contributed by atoms with van der Waals surface area (Å²) in [6.45, 7) is 9.23. The van der Waals surface area contributed by atoms with E-state index in [1.165, 1.54) is 17.7 Å². The summed E-state index contributed by atoms with van der Waals surface area (Å²) in [6, 6.07) is 4.15. The molecule has 2 heterocycles. The van der Waals surface area contributed by atoms with Gasteiger partial charge in [0, 0.05) is 36.4 Å². The number of H-pyrrole nitrogens is 1. The molecule has 2 rings (SSSR count). The molecule has 0 saturated carbocycles. The van der Waals surface area contributed by atoms with Crippen LogP contribution in [-0.2, 0) is 6.42 Å². The van der Waals surface area contributed by atoms with Gasteiger partial charge >= 0.3 is 0 Å². The van der Waals surface area contributed by atoms with E-state index in [9.17, 15) is 0 Å². The van der Waals surface area contributed by atoms with Gasteiger partial charge in [-0.05, 0) is 38.8 Å². The Morgan fingerprint density at radius 3 is 2.87 bits per heavy atom. The molecule has 0 amide bonds. The van der Waals surface area contributed by atoms with E-state index in [-0.39, 0.29) is 0 Å². The molecule has 2 nitrogen and oxygen atoms in total. The van der Waals surface area contributed by atoms with Crippen molar-refractivity contribution in [2.45, 2.75) is 58.7 Å². The summed E-state index contributed by atoms with van der Waals surface area (Å²) in [6.07, 6.45) is 4.45. The molecule has 0 fully saturated rings. The van der Waals surface area contributed by atoms with E-state index >= 15 is 0 Å². The Balaban J connectivity index is 2.36. The zero-order valence-corrected chi connectivity index (χ0v) is 10.2. The van der Waals surface area contributed by atoms with Gasteiger partial charge in [-0.15, -0.1) is 0 Å². The lowest BCUT2D eigenvalue weighted by atomic mass is 9.91. The third-order valence-electron chi connectivity index (χ3n) is 3.58. The molecule has 1 N–H and O–H groups in total. The molecule has 1 aromatic rings. The first-order valence-corrected chi connectivity index (χ1v) is 6.08. The van der Waals surface area contributed by atoms with Gasteiger partial charge < -0.3 is 4.98 Å². The molecule has 2 heteroatoms. The number of nitrogens with zero attached hydrogens (tertiary/aromatic N) is 1. The van der Waals surface area contributed by atoms with Gasteiger partial charge in [-0.25, -0.2) is 0 Å². The molecule has 0 bridgehead atoms. The van der Waals surface area contributed by atoms with Crippen LogP contribution < -0.4 is 0 Å². The molecule has 0 unspecified atom stereocenters. The number of aromatic nitrogens is 1. The van der Waals surface area contributed by atoms with Crippen molar-refractivity contribution in [1.29, 1.82) is 0 Å². The van der Waals surface area contributed by atoms with Crippen molar-refractivity contribution in [3.63, 3.8) is 0 Å². The Hall–Kier alpha value is -0.760. The molecule has 0 spiro atoms. The minimum atomic E-state index is 0.606. The number of hydrogen-bond acceptors (Lipinski definition) is 1. The normalized spacial score (nSPS) is 27.0. The maximum Gasteiger partial charge on any atom is 0.0368 e. The summed E-state index contributed by atoms with van der Waals surface area (Å²) < 4.78 is 0. The predicted molar refractivity (Wildman–Crippen MR) is 64.0 cm³/mol. The van der Waals surface area contributed by atoms with Crippen LogP contribution in [0.5, 0.6) is 0 Å². The standard InChI is InChI=1S/C13H22N2/c1-5-13-11-6-7-14-12(11)8-10(4)15(13)9(2)3/h6-7,9-10,13-14H,5,8H2,1-4H3/t10-,13+/m0/s1. The Bertz CT molecular complexity index is 327. The fraction of sp³-hybridized carbons (Fsp3) is 0.692. The van der Waals surface area contributed by atoms with Crippen molar-refractivity contribution in [1.82, 2.24) is 9.88 Å². The molecule has 15 heavy (non-hydrogen) atoms. The van der Waals surface area contributed by atoms with Gasteiger partial charge in [0.2, 0.25) is 0 Å². The smallest absolute Gasteiger partial charge is 0.0368 e. The Morgan fingerprint density at radius 2 is 2.27 bits per heavy atom. The number of aromatic amines is 1. The van der Waals surface area contributed by atoms with Crippen LogP contribution >= 0.6 is 0 Å². The van der Waals surface area contributed by atoms with E-state index in [1.54, 1.807) is 0 Å². The molecule has 0 aromatic carbocycles. The van der Waals surface area contributed by atoms with Crippen LogP contribution in [0.4, 0.5) is 0 Å². The van der Waals surface area contributed by atoms with Crippen molar-refractivity contribution in [3.8, 4) is 0 Å². The quantitative estimate of drug-likeness (QED) is 0.787. The number of hydrogen-bond donors (Lipinski definition) is 1. The second-order valence-corrected chi connectivity index (χ2v) is 4.93. The second kappa shape index (κ2) is 4.01. The summed E-state index contributed by atoms with van der Waals surface area (Å²) in [5.41, 5.74) is 2.97. The first kappa shape index (κ1) is 10.7. The van der Waals surface area contributed by atoms with Gasteiger partial charge in [0.1, 0.15) is 0 Å². The number of nitrogens with one attached hydrogen (secondary N) is 1. The van der Waals surface area contributed by atoms with Gasteiger partial charge in [-0.3, -0.25) is 4.90 Å². The van der Waals surface area contributed by atoms with Crippen LogP contribution in [0.15, 0.2) is 12.3 Å². The second-order valence-electron chi connectivity index (χ2n) is 4.93. The molecule has 1 aliphatic heterocycles. The summed E-state index contributed by atoms with van der Waals surface area (Å²) in [5.74, 6) is 0. The highest BCUT2D eigenvalue weighted by atomic mass is 15.2. The SMILES string of the molecule is CC[C@@H]1c2cc[nH]c2C[C@H](C)N1C(C)C. The van der Waals surface area contributed by atoms with E-state index < -0.39 is 0 Å². The van der Waals surface area contributed by atoms with Crippen LogP contribution in [0, 0.1) is 0 Å². The third kappa shape index (κ3) is 1.71. The van der Waals surface area contributed by atoms with Crippen LogP contribution in [-0.4, -0.2) is 22.0 Å². The molecule has 1 aromatic heterocycles. The molecule has 0 saturated heterocycles. The lowest BCUT2D eigenvalue weighted by Gasteiger charge is -2.43. The monoisotopic (exact) mass is 206 g/mol. The minimum Gasteiger partial charge on any atom is -0.365 e. The lowest BCUT2D eigenvalue weighted by molar-refractivity contribution is 0.0863. The first-order valence-electron chi connectivity index (χ1n) is 6.08. The maximum atomic E-state index is 3.39. The van der Waals surface area contributed by atoms with E-state index in [0.29, 0.717) is 18.1 Å². The average molecular weight is 206 g/mol. The number of rotatable bonds is 2. The zero-order valence-electron chi connectivity index (χ0n) is 10.2. The maximum absolute atomic E-state index is 3.39. The highest BCUT2D eigenvalue weighted by molar-refractivity contribution is 5.28. The van der Waals surface area contributed by atoms with Crippen molar-refractivity contribution in [2.24, 2.45) is 0 Å². The van der Waals surface area contributed by atoms with Crippen LogP contribution in [0.3, 0.4) is 0 Å². The van der Waals surface area contributed by atoms with Gasteiger partial charge in [-0.1, -0.05) is 6.92 Å². The van der Waals surface area contributed by atoms with E-state index in [0.717, 1.165) is 6.42 Å². The third-order valence-corrected chi connectivity index (χ3v) is 3.58. The van der Waals surface area contributed by atoms with E-state index in [2.05, 4.69) is 49.8 Å². The van der Waals surface area contributed by atoms with Crippen molar-refractivity contribution < 1.29 is 0 Å². The van der Waals surface area contributed by atoms with Crippen LogP contribution in [0.2, 0.25) is 0 Å².